The minimum Gasteiger partial charge on any atom is -0.507 e. The Labute approximate surface area is 66.3 Å². The lowest BCUT2D eigenvalue weighted by Crippen LogP contribution is -2.23. The fraction of sp³-hybridized carbons (Fsp3) is 0.200. The molecule has 0 aliphatic rings. The van der Waals surface area contributed by atoms with Crippen molar-refractivity contribution >= 4 is 12.2 Å². The van der Waals surface area contributed by atoms with Crippen molar-refractivity contribution in [1.29, 1.82) is 0 Å². The Bertz CT molecular complexity index is 350. The van der Waals surface area contributed by atoms with Crippen molar-refractivity contribution in [3.63, 3.8) is 0 Å². The standard InChI is InChI=1S/C10H12O/c1-3-8-6-5-7-10(11)9(8)4-2/h3-7,11H,1-2H3. The van der Waals surface area contributed by atoms with Gasteiger partial charge in [0.2, 0.25) is 0 Å². The van der Waals surface area contributed by atoms with E-state index < -0.39 is 0 Å². The van der Waals surface area contributed by atoms with E-state index in [1.165, 1.54) is 0 Å². The van der Waals surface area contributed by atoms with Crippen LogP contribution in [0.2, 0.25) is 0 Å². The van der Waals surface area contributed by atoms with E-state index in [0.29, 0.717) is 5.75 Å². The molecular formula is C10H12O. The number of phenolic OH excluding ortho intramolecular Hbond substituents is 1. The Morgan fingerprint density at radius 3 is 2.36 bits per heavy atom. The zero-order chi connectivity index (χ0) is 8.27. The van der Waals surface area contributed by atoms with Gasteiger partial charge >= 0.3 is 0 Å². The van der Waals surface area contributed by atoms with Crippen LogP contribution in [0.1, 0.15) is 13.8 Å². The molecule has 0 fully saturated rings. The second-order valence-electron chi connectivity index (χ2n) is 2.36. The first kappa shape index (κ1) is 7.86. The maximum atomic E-state index is 9.37. The zero-order valence-electron chi connectivity index (χ0n) is 6.83. The van der Waals surface area contributed by atoms with Gasteiger partial charge in [-0.2, -0.15) is 0 Å². The van der Waals surface area contributed by atoms with Crippen LogP contribution in [-0.2, 0) is 0 Å². The van der Waals surface area contributed by atoms with E-state index in [0.717, 1.165) is 10.4 Å². The van der Waals surface area contributed by atoms with Crippen LogP contribution >= 0.6 is 0 Å². The Hall–Kier alpha value is -1.24. The number of hydrogen-bond donors (Lipinski definition) is 1. The minimum absolute atomic E-state index is 0.350. The average molecular weight is 148 g/mol. The Balaban J connectivity index is 3.65. The van der Waals surface area contributed by atoms with Crippen LogP contribution in [-0.4, -0.2) is 5.11 Å². The molecule has 0 spiro atoms. The predicted molar refractivity (Wildman–Crippen MR) is 47.6 cm³/mol. The highest BCUT2D eigenvalue weighted by atomic mass is 16.3. The van der Waals surface area contributed by atoms with Crippen molar-refractivity contribution in [3.8, 4) is 5.75 Å². The summed E-state index contributed by atoms with van der Waals surface area (Å²) in [5, 5.41) is 11.4. The van der Waals surface area contributed by atoms with Crippen molar-refractivity contribution in [2.45, 2.75) is 13.8 Å². The molecule has 1 rings (SSSR count). The molecule has 1 aromatic carbocycles. The fourth-order valence-corrected chi connectivity index (χ4v) is 1.14. The summed E-state index contributed by atoms with van der Waals surface area (Å²) in [5.41, 5.74) is 0. The molecule has 0 aliphatic carbocycles. The van der Waals surface area contributed by atoms with Gasteiger partial charge in [0.05, 0.1) is 0 Å². The van der Waals surface area contributed by atoms with Gasteiger partial charge in [0, 0.05) is 5.22 Å². The SMILES string of the molecule is CC=c1cccc(O)c1=CC. The van der Waals surface area contributed by atoms with E-state index in [-0.39, 0.29) is 0 Å². The summed E-state index contributed by atoms with van der Waals surface area (Å²) >= 11 is 0. The molecule has 0 saturated carbocycles. The van der Waals surface area contributed by atoms with Crippen molar-refractivity contribution in [2.75, 3.05) is 0 Å². The van der Waals surface area contributed by atoms with Gasteiger partial charge in [-0.25, -0.2) is 0 Å². The maximum Gasteiger partial charge on any atom is 0.123 e. The van der Waals surface area contributed by atoms with Crippen LogP contribution in [0.5, 0.6) is 5.75 Å². The van der Waals surface area contributed by atoms with Crippen molar-refractivity contribution in [2.24, 2.45) is 0 Å². The van der Waals surface area contributed by atoms with Gasteiger partial charge < -0.3 is 5.11 Å². The van der Waals surface area contributed by atoms with E-state index in [2.05, 4.69) is 0 Å². The molecule has 0 amide bonds. The lowest BCUT2D eigenvalue weighted by Gasteiger charge is -1.92. The summed E-state index contributed by atoms with van der Waals surface area (Å²) < 4.78 is 0. The molecule has 0 atom stereocenters. The molecule has 11 heavy (non-hydrogen) atoms. The lowest BCUT2D eigenvalue weighted by atomic mass is 10.2. The van der Waals surface area contributed by atoms with Gasteiger partial charge in [-0.3, -0.25) is 0 Å². The highest BCUT2D eigenvalue weighted by Crippen LogP contribution is 1.93. The average Bonchev–Trinajstić information content (AvgIpc) is 2.04. The number of aromatic hydroxyl groups is 1. The smallest absolute Gasteiger partial charge is 0.123 e. The van der Waals surface area contributed by atoms with Crippen molar-refractivity contribution in [3.05, 3.63) is 28.6 Å². The molecule has 0 bridgehead atoms. The monoisotopic (exact) mass is 148 g/mol. The normalized spacial score (nSPS) is 14.0. The summed E-state index contributed by atoms with van der Waals surface area (Å²) in [7, 11) is 0. The number of phenols is 1. The Morgan fingerprint density at radius 2 is 1.91 bits per heavy atom. The molecule has 0 aromatic heterocycles. The first-order valence-electron chi connectivity index (χ1n) is 3.70. The number of rotatable bonds is 0. The van der Waals surface area contributed by atoms with E-state index in [1.54, 1.807) is 6.07 Å². The zero-order valence-corrected chi connectivity index (χ0v) is 6.83. The summed E-state index contributed by atoms with van der Waals surface area (Å²) in [5.74, 6) is 0.350. The number of benzene rings is 1. The molecule has 0 unspecified atom stereocenters. The molecule has 1 aromatic rings. The van der Waals surface area contributed by atoms with E-state index in [9.17, 15) is 5.11 Å². The van der Waals surface area contributed by atoms with Crippen LogP contribution in [0.15, 0.2) is 18.2 Å². The van der Waals surface area contributed by atoms with Gasteiger partial charge in [0.15, 0.2) is 0 Å². The van der Waals surface area contributed by atoms with E-state index in [4.69, 9.17) is 0 Å². The van der Waals surface area contributed by atoms with Gasteiger partial charge in [0.1, 0.15) is 5.75 Å². The summed E-state index contributed by atoms with van der Waals surface area (Å²) in [6, 6.07) is 5.52. The first-order chi connectivity index (χ1) is 5.29. The third kappa shape index (κ3) is 1.43. The topological polar surface area (TPSA) is 20.2 Å². The largest absolute Gasteiger partial charge is 0.507 e. The van der Waals surface area contributed by atoms with Crippen molar-refractivity contribution in [1.82, 2.24) is 0 Å². The Morgan fingerprint density at radius 1 is 1.18 bits per heavy atom. The van der Waals surface area contributed by atoms with Gasteiger partial charge in [-0.05, 0) is 25.1 Å². The van der Waals surface area contributed by atoms with E-state index in [1.807, 2.05) is 38.1 Å². The molecule has 1 nitrogen and oxygen atoms in total. The van der Waals surface area contributed by atoms with Crippen LogP contribution in [0.25, 0.3) is 12.2 Å². The molecule has 1 N–H and O–H groups in total. The molecule has 0 radical (unpaired) electrons. The predicted octanol–water partition coefficient (Wildman–Crippen LogP) is 0.993. The second kappa shape index (κ2) is 3.24. The van der Waals surface area contributed by atoms with Crippen LogP contribution < -0.4 is 10.4 Å². The van der Waals surface area contributed by atoms with Crippen LogP contribution in [0, 0.1) is 0 Å². The summed E-state index contributed by atoms with van der Waals surface area (Å²) in [6.07, 6.45) is 3.89. The quantitative estimate of drug-likeness (QED) is 0.581. The van der Waals surface area contributed by atoms with Gasteiger partial charge in [-0.1, -0.05) is 24.3 Å². The third-order valence-electron chi connectivity index (χ3n) is 1.72. The maximum absolute atomic E-state index is 9.37. The highest BCUT2D eigenvalue weighted by Gasteiger charge is 1.88. The minimum atomic E-state index is 0.350. The van der Waals surface area contributed by atoms with E-state index >= 15 is 0 Å². The van der Waals surface area contributed by atoms with Gasteiger partial charge in [-0.15, -0.1) is 0 Å². The van der Waals surface area contributed by atoms with Crippen LogP contribution in [0.3, 0.4) is 0 Å². The second-order valence-corrected chi connectivity index (χ2v) is 2.36. The fourth-order valence-electron chi connectivity index (χ4n) is 1.14. The summed E-state index contributed by atoms with van der Waals surface area (Å²) in [4.78, 5) is 0. The highest BCUT2D eigenvalue weighted by molar-refractivity contribution is 5.36. The first-order valence-corrected chi connectivity index (χ1v) is 3.70. The lowest BCUT2D eigenvalue weighted by molar-refractivity contribution is 0.470. The summed E-state index contributed by atoms with van der Waals surface area (Å²) in [6.45, 7) is 3.88. The van der Waals surface area contributed by atoms with Crippen molar-refractivity contribution < 1.29 is 5.11 Å². The molecule has 0 saturated heterocycles. The molecule has 0 heterocycles. The Kier molecular flexibility index (Phi) is 2.32. The molecular weight excluding hydrogens is 136 g/mol. The number of hydrogen-bond acceptors (Lipinski definition) is 1. The third-order valence-corrected chi connectivity index (χ3v) is 1.72. The molecule has 0 aliphatic heterocycles. The molecule has 58 valence electrons. The molecule has 1 heteroatoms. The van der Waals surface area contributed by atoms with Gasteiger partial charge in [0.25, 0.3) is 0 Å². The van der Waals surface area contributed by atoms with Crippen LogP contribution in [0.4, 0.5) is 0 Å².